The molecule has 0 spiro atoms. The normalized spacial score (nSPS) is 11.4. The summed E-state index contributed by atoms with van der Waals surface area (Å²) in [7, 11) is 0. The minimum atomic E-state index is 1.17. The van der Waals surface area contributed by atoms with Crippen molar-refractivity contribution >= 4 is 0 Å². The van der Waals surface area contributed by atoms with E-state index in [1.165, 1.54) is 153 Å². The van der Waals surface area contributed by atoms with Gasteiger partial charge in [0.15, 0.2) is 0 Å². The Kier molecular flexibility index (Phi) is 17.5. The number of nitrogens with zero attached hydrogens (tertiary/aromatic N) is 2. The van der Waals surface area contributed by atoms with Crippen molar-refractivity contribution in [3.63, 3.8) is 0 Å². The van der Waals surface area contributed by atoms with Gasteiger partial charge in [-0.05, 0) is 31.4 Å². The molecule has 1 aromatic carbocycles. The van der Waals surface area contributed by atoms with Gasteiger partial charge in [0.05, 0.1) is 6.54 Å². The highest BCUT2D eigenvalue weighted by Crippen LogP contribution is 2.15. The lowest BCUT2D eigenvalue weighted by molar-refractivity contribution is -0.704. The molecule has 0 unspecified atom stereocenters. The maximum atomic E-state index is 2.55. The smallest absolute Gasteiger partial charge is 0.234 e. The minimum Gasteiger partial charge on any atom is -0.234 e. The topological polar surface area (TPSA) is 8.81 Å². The fourth-order valence-corrected chi connectivity index (χ4v) is 5.29. The van der Waals surface area contributed by atoms with E-state index in [0.29, 0.717) is 0 Å². The number of hydrogen-bond acceptors (Lipinski definition) is 0. The van der Waals surface area contributed by atoms with Crippen LogP contribution >= 0.6 is 0 Å². The molecule has 2 rings (SSSR count). The zero-order valence-corrected chi connectivity index (χ0v) is 23.5. The van der Waals surface area contributed by atoms with Crippen LogP contribution in [0.15, 0.2) is 42.7 Å². The Morgan fingerprint density at radius 2 is 1.00 bits per heavy atom. The van der Waals surface area contributed by atoms with Crippen molar-refractivity contribution in [2.75, 3.05) is 0 Å². The van der Waals surface area contributed by atoms with Gasteiger partial charge >= 0.3 is 0 Å². The Morgan fingerprint density at radius 3 is 1.51 bits per heavy atom. The molecule has 0 atom stereocenters. The van der Waals surface area contributed by atoms with Gasteiger partial charge in [0.25, 0.3) is 5.82 Å². The Labute approximate surface area is 218 Å². The van der Waals surface area contributed by atoms with Gasteiger partial charge in [-0.1, -0.05) is 141 Å². The lowest BCUT2D eigenvalue weighted by Crippen LogP contribution is -2.37. The van der Waals surface area contributed by atoms with Crippen molar-refractivity contribution in [2.24, 2.45) is 0 Å². The van der Waals surface area contributed by atoms with Gasteiger partial charge in [0.2, 0.25) is 0 Å². The van der Waals surface area contributed by atoms with E-state index in [2.05, 4.69) is 65.7 Å². The number of aryl methyl sites for hydroxylation is 1. The van der Waals surface area contributed by atoms with Gasteiger partial charge < -0.3 is 0 Å². The zero-order chi connectivity index (χ0) is 24.8. The summed E-state index contributed by atoms with van der Waals surface area (Å²) in [6.07, 6.45) is 33.9. The van der Waals surface area contributed by atoms with Crippen LogP contribution < -0.4 is 4.57 Å². The molecule has 1 aromatic heterocycles. The molecule has 35 heavy (non-hydrogen) atoms. The molecule has 0 saturated carbocycles. The third-order valence-corrected chi connectivity index (χ3v) is 7.55. The highest BCUT2D eigenvalue weighted by molar-refractivity contribution is 5.31. The minimum absolute atomic E-state index is 1.17. The quantitative estimate of drug-likeness (QED) is 0.110. The second kappa shape index (κ2) is 20.6. The van der Waals surface area contributed by atoms with Crippen LogP contribution in [0, 0.1) is 0 Å². The molecular formula is C33H57N2+. The fraction of sp³-hybridized carbons (Fsp3) is 0.727. The second-order valence-corrected chi connectivity index (χ2v) is 10.7. The molecule has 0 fully saturated rings. The van der Waals surface area contributed by atoms with Crippen molar-refractivity contribution in [3.05, 3.63) is 48.5 Å². The summed E-state index contributed by atoms with van der Waals surface area (Å²) in [6, 6.07) is 10.9. The van der Waals surface area contributed by atoms with Gasteiger partial charge in [-0.25, -0.2) is 4.57 Å². The maximum Gasteiger partial charge on any atom is 0.261 e. The average Bonchev–Trinajstić information content (AvgIpc) is 3.29. The molecule has 1 heterocycles. The van der Waals surface area contributed by atoms with E-state index in [1.807, 2.05) is 0 Å². The Balaban J connectivity index is 1.68. The highest BCUT2D eigenvalue weighted by Gasteiger charge is 2.18. The summed E-state index contributed by atoms with van der Waals surface area (Å²) in [4.78, 5) is 0. The molecular weight excluding hydrogens is 424 g/mol. The van der Waals surface area contributed by atoms with Gasteiger partial charge in [-0.15, -0.1) is 0 Å². The van der Waals surface area contributed by atoms with E-state index in [4.69, 9.17) is 0 Å². The van der Waals surface area contributed by atoms with Crippen LogP contribution in [-0.2, 0) is 13.0 Å². The molecule has 0 radical (unpaired) electrons. The Morgan fingerprint density at radius 1 is 0.543 bits per heavy atom. The first-order chi connectivity index (χ1) is 17.4. The van der Waals surface area contributed by atoms with E-state index in [-0.39, 0.29) is 0 Å². The molecule has 0 N–H and O–H groups in total. The number of aromatic nitrogens is 2. The number of rotatable bonds is 23. The number of unbranched alkanes of at least 4 members (excludes halogenated alkanes) is 18. The summed E-state index contributed by atoms with van der Waals surface area (Å²) in [6.45, 7) is 5.77. The van der Waals surface area contributed by atoms with Crippen LogP contribution in [0.25, 0.3) is 5.69 Å². The molecule has 2 heteroatoms. The van der Waals surface area contributed by atoms with Crippen LogP contribution in [0.5, 0.6) is 0 Å². The third-order valence-electron chi connectivity index (χ3n) is 7.55. The van der Waals surface area contributed by atoms with E-state index in [0.717, 1.165) is 0 Å². The number of para-hydroxylation sites is 1. The fourth-order valence-electron chi connectivity index (χ4n) is 5.29. The first-order valence-corrected chi connectivity index (χ1v) is 15.5. The lowest BCUT2D eigenvalue weighted by atomic mass is 10.1. The van der Waals surface area contributed by atoms with Crippen molar-refractivity contribution in [1.29, 1.82) is 0 Å². The monoisotopic (exact) mass is 481 g/mol. The largest absolute Gasteiger partial charge is 0.261 e. The summed E-state index contributed by atoms with van der Waals surface area (Å²) in [5, 5.41) is 0. The molecule has 0 aliphatic carbocycles. The molecule has 0 saturated heterocycles. The standard InChI is InChI=1S/C33H57N2/c1-3-5-7-9-11-13-14-15-16-18-20-25-29-34-30-31-35(32-26-22-21-23-27-32)33(34)28-24-19-17-12-10-8-6-4-2/h21-23,26-27,30-31H,3-20,24-25,28-29H2,1-2H3/q+1. The van der Waals surface area contributed by atoms with E-state index in [1.54, 1.807) is 0 Å². The van der Waals surface area contributed by atoms with Crippen LogP contribution in [0.1, 0.15) is 148 Å². The molecule has 198 valence electrons. The first-order valence-electron chi connectivity index (χ1n) is 15.5. The van der Waals surface area contributed by atoms with Crippen LogP contribution in [0.4, 0.5) is 0 Å². The maximum absolute atomic E-state index is 2.55. The van der Waals surface area contributed by atoms with E-state index < -0.39 is 0 Å². The van der Waals surface area contributed by atoms with Crippen LogP contribution in [-0.4, -0.2) is 4.57 Å². The van der Waals surface area contributed by atoms with E-state index >= 15 is 0 Å². The van der Waals surface area contributed by atoms with Gasteiger partial charge in [0.1, 0.15) is 18.1 Å². The van der Waals surface area contributed by atoms with Crippen molar-refractivity contribution in [1.82, 2.24) is 4.57 Å². The van der Waals surface area contributed by atoms with Crippen LogP contribution in [0.2, 0.25) is 0 Å². The first kappa shape index (κ1) is 29.7. The summed E-state index contributed by atoms with van der Waals surface area (Å²) in [5.41, 5.74) is 1.30. The third kappa shape index (κ3) is 13.3. The second-order valence-electron chi connectivity index (χ2n) is 10.7. The van der Waals surface area contributed by atoms with Crippen molar-refractivity contribution < 1.29 is 4.57 Å². The number of hydrogen-bond donors (Lipinski definition) is 0. The molecule has 0 aliphatic heterocycles. The predicted molar refractivity (Wildman–Crippen MR) is 153 cm³/mol. The highest BCUT2D eigenvalue weighted by atomic mass is 15.1. The van der Waals surface area contributed by atoms with Gasteiger partial charge in [-0.2, -0.15) is 4.57 Å². The van der Waals surface area contributed by atoms with Crippen molar-refractivity contribution in [3.8, 4) is 5.69 Å². The molecule has 2 nitrogen and oxygen atoms in total. The van der Waals surface area contributed by atoms with Crippen molar-refractivity contribution in [2.45, 2.75) is 155 Å². The number of imidazole rings is 1. The summed E-state index contributed by atoms with van der Waals surface area (Å²) >= 11 is 0. The lowest BCUT2D eigenvalue weighted by Gasteiger charge is -2.06. The molecule has 0 amide bonds. The molecule has 0 aliphatic rings. The van der Waals surface area contributed by atoms with Gasteiger partial charge in [0, 0.05) is 6.42 Å². The van der Waals surface area contributed by atoms with Crippen LogP contribution in [0.3, 0.4) is 0 Å². The van der Waals surface area contributed by atoms with E-state index in [9.17, 15) is 0 Å². The predicted octanol–water partition coefficient (Wildman–Crippen LogP) is 10.1. The zero-order valence-electron chi connectivity index (χ0n) is 23.5. The Bertz CT molecular complexity index is 718. The SMILES string of the molecule is CCCCCCCCCCCCCC[n+]1ccn(-c2ccccc2)c1CCCCCCCCCC. The summed E-state index contributed by atoms with van der Waals surface area (Å²) in [5.74, 6) is 1.49. The Hall–Kier alpha value is -1.57. The van der Waals surface area contributed by atoms with Gasteiger partial charge in [-0.3, -0.25) is 0 Å². The summed E-state index contributed by atoms with van der Waals surface area (Å²) < 4.78 is 4.98. The molecule has 2 aromatic rings. The molecule has 0 bridgehead atoms. The number of benzene rings is 1. The average molecular weight is 482 g/mol.